The van der Waals surface area contributed by atoms with Crippen molar-refractivity contribution in [2.45, 2.75) is 19.8 Å². The van der Waals surface area contributed by atoms with Crippen LogP contribution in [0.5, 0.6) is 0 Å². The van der Waals surface area contributed by atoms with Crippen LogP contribution in [0.4, 0.5) is 4.39 Å². The van der Waals surface area contributed by atoms with Crippen molar-refractivity contribution in [1.82, 2.24) is 5.32 Å². The van der Waals surface area contributed by atoms with Crippen LogP contribution < -0.4 is 5.32 Å². The Kier molecular flexibility index (Phi) is 5.16. The Morgan fingerprint density at radius 2 is 2.05 bits per heavy atom. The minimum absolute atomic E-state index is 0.164. The third kappa shape index (κ3) is 4.52. The predicted molar refractivity (Wildman–Crippen MR) is 74.5 cm³/mol. The highest BCUT2D eigenvalue weighted by Crippen LogP contribution is 2.15. The summed E-state index contributed by atoms with van der Waals surface area (Å²) in [5, 5.41) is 3.37. The Morgan fingerprint density at radius 3 is 2.74 bits per heavy atom. The van der Waals surface area contributed by atoms with Crippen LogP contribution in [0, 0.1) is 11.7 Å². The molecule has 1 aromatic carbocycles. The monoisotopic (exact) mass is 261 g/mol. The van der Waals surface area contributed by atoms with Gasteiger partial charge in [0.05, 0.1) is 12.5 Å². The summed E-state index contributed by atoms with van der Waals surface area (Å²) < 4.78 is 18.3. The minimum Gasteiger partial charge on any atom is -0.472 e. The van der Waals surface area contributed by atoms with Gasteiger partial charge in [-0.2, -0.15) is 0 Å². The van der Waals surface area contributed by atoms with Crippen molar-refractivity contribution in [2.75, 3.05) is 13.1 Å². The smallest absolute Gasteiger partial charge is 0.123 e. The van der Waals surface area contributed by atoms with Gasteiger partial charge in [0.15, 0.2) is 0 Å². The maximum absolute atomic E-state index is 13.2. The van der Waals surface area contributed by atoms with Crippen LogP contribution in [0.25, 0.3) is 0 Å². The van der Waals surface area contributed by atoms with Gasteiger partial charge in [-0.05, 0) is 61.2 Å². The molecule has 0 aliphatic rings. The molecule has 102 valence electrons. The van der Waals surface area contributed by atoms with E-state index in [2.05, 4.69) is 12.2 Å². The van der Waals surface area contributed by atoms with Crippen LogP contribution in [0.15, 0.2) is 47.3 Å². The summed E-state index contributed by atoms with van der Waals surface area (Å²) >= 11 is 0. The molecule has 0 fully saturated rings. The van der Waals surface area contributed by atoms with Crippen LogP contribution in [0.2, 0.25) is 0 Å². The zero-order valence-electron chi connectivity index (χ0n) is 11.2. The van der Waals surface area contributed by atoms with Crippen LogP contribution in [0.3, 0.4) is 0 Å². The van der Waals surface area contributed by atoms with E-state index in [0.717, 1.165) is 31.5 Å². The summed E-state index contributed by atoms with van der Waals surface area (Å²) in [7, 11) is 0. The average Bonchev–Trinajstić information content (AvgIpc) is 2.89. The maximum Gasteiger partial charge on any atom is 0.123 e. The van der Waals surface area contributed by atoms with E-state index in [9.17, 15) is 4.39 Å². The van der Waals surface area contributed by atoms with Crippen molar-refractivity contribution in [3.05, 3.63) is 59.8 Å². The van der Waals surface area contributed by atoms with Crippen LogP contribution >= 0.6 is 0 Å². The second-order valence-electron chi connectivity index (χ2n) is 4.84. The quantitative estimate of drug-likeness (QED) is 0.826. The highest BCUT2D eigenvalue weighted by molar-refractivity contribution is 5.18. The van der Waals surface area contributed by atoms with Gasteiger partial charge in [0, 0.05) is 0 Å². The largest absolute Gasteiger partial charge is 0.472 e. The number of hydrogen-bond acceptors (Lipinski definition) is 2. The van der Waals surface area contributed by atoms with Crippen LogP contribution in [-0.2, 0) is 12.8 Å². The molecule has 2 nitrogen and oxygen atoms in total. The van der Waals surface area contributed by atoms with E-state index in [4.69, 9.17) is 4.42 Å². The SMILES string of the molecule is CCNCC(Cc1ccoc1)Cc1cccc(F)c1. The number of hydrogen-bond donors (Lipinski definition) is 1. The van der Waals surface area contributed by atoms with E-state index < -0.39 is 0 Å². The zero-order chi connectivity index (χ0) is 13.5. The molecule has 0 spiro atoms. The number of furan rings is 1. The topological polar surface area (TPSA) is 25.2 Å². The molecule has 1 N–H and O–H groups in total. The minimum atomic E-state index is -0.164. The molecule has 2 rings (SSSR count). The summed E-state index contributed by atoms with van der Waals surface area (Å²) in [5.41, 5.74) is 2.24. The normalized spacial score (nSPS) is 12.5. The second kappa shape index (κ2) is 7.10. The van der Waals surface area contributed by atoms with Gasteiger partial charge in [-0.1, -0.05) is 19.1 Å². The molecule has 0 aliphatic heterocycles. The molecule has 0 amide bonds. The summed E-state index contributed by atoms with van der Waals surface area (Å²) in [4.78, 5) is 0. The van der Waals surface area contributed by atoms with Crippen molar-refractivity contribution in [1.29, 1.82) is 0 Å². The number of rotatable bonds is 7. The fraction of sp³-hybridized carbons (Fsp3) is 0.375. The first kappa shape index (κ1) is 13.8. The van der Waals surface area contributed by atoms with Crippen LogP contribution in [0.1, 0.15) is 18.1 Å². The van der Waals surface area contributed by atoms with Crippen LogP contribution in [-0.4, -0.2) is 13.1 Å². The molecule has 2 aromatic rings. The van der Waals surface area contributed by atoms with E-state index in [1.165, 1.54) is 11.6 Å². The number of halogens is 1. The number of nitrogens with one attached hydrogen (secondary N) is 1. The first-order valence-electron chi connectivity index (χ1n) is 6.74. The van der Waals surface area contributed by atoms with Gasteiger partial charge in [-0.25, -0.2) is 4.39 Å². The lowest BCUT2D eigenvalue weighted by atomic mass is 9.93. The van der Waals surface area contributed by atoms with Gasteiger partial charge >= 0.3 is 0 Å². The van der Waals surface area contributed by atoms with Gasteiger partial charge in [-0.15, -0.1) is 0 Å². The zero-order valence-corrected chi connectivity index (χ0v) is 11.2. The molecule has 1 heterocycles. The number of benzene rings is 1. The second-order valence-corrected chi connectivity index (χ2v) is 4.84. The van der Waals surface area contributed by atoms with E-state index in [1.807, 2.05) is 12.1 Å². The van der Waals surface area contributed by atoms with Gasteiger partial charge < -0.3 is 9.73 Å². The maximum atomic E-state index is 13.2. The van der Waals surface area contributed by atoms with E-state index in [-0.39, 0.29) is 5.82 Å². The van der Waals surface area contributed by atoms with Gasteiger partial charge in [-0.3, -0.25) is 0 Å². The molecular weight excluding hydrogens is 241 g/mol. The third-order valence-electron chi connectivity index (χ3n) is 3.20. The summed E-state index contributed by atoms with van der Waals surface area (Å²) in [6.07, 6.45) is 5.29. The lowest BCUT2D eigenvalue weighted by molar-refractivity contribution is 0.473. The third-order valence-corrected chi connectivity index (χ3v) is 3.20. The Morgan fingerprint density at radius 1 is 1.21 bits per heavy atom. The molecule has 0 radical (unpaired) electrons. The summed E-state index contributed by atoms with van der Waals surface area (Å²) in [6, 6.07) is 8.85. The van der Waals surface area contributed by atoms with Crippen molar-refractivity contribution >= 4 is 0 Å². The molecule has 1 atom stereocenters. The average molecular weight is 261 g/mol. The van der Waals surface area contributed by atoms with Gasteiger partial charge in [0.2, 0.25) is 0 Å². The summed E-state index contributed by atoms with van der Waals surface area (Å²) in [6.45, 7) is 3.97. The van der Waals surface area contributed by atoms with E-state index >= 15 is 0 Å². The van der Waals surface area contributed by atoms with Gasteiger partial charge in [0.25, 0.3) is 0 Å². The summed E-state index contributed by atoms with van der Waals surface area (Å²) in [5.74, 6) is 0.280. The lowest BCUT2D eigenvalue weighted by Gasteiger charge is -2.16. The standard InChI is InChI=1S/C16H20FNO/c1-2-18-11-15(9-14-6-7-19-12-14)8-13-4-3-5-16(17)10-13/h3-7,10,12,15,18H,2,8-9,11H2,1H3. The fourth-order valence-corrected chi connectivity index (χ4v) is 2.30. The molecule has 1 unspecified atom stereocenters. The molecule has 0 saturated carbocycles. The Hall–Kier alpha value is -1.61. The van der Waals surface area contributed by atoms with Crippen molar-refractivity contribution < 1.29 is 8.81 Å². The van der Waals surface area contributed by atoms with Crippen molar-refractivity contribution in [2.24, 2.45) is 5.92 Å². The Balaban J connectivity index is 2.00. The highest BCUT2D eigenvalue weighted by atomic mass is 19.1. The lowest BCUT2D eigenvalue weighted by Crippen LogP contribution is -2.25. The first-order chi connectivity index (χ1) is 9.28. The molecule has 1 aromatic heterocycles. The van der Waals surface area contributed by atoms with E-state index in [0.29, 0.717) is 5.92 Å². The predicted octanol–water partition coefficient (Wildman–Crippen LogP) is 3.43. The molecule has 3 heteroatoms. The van der Waals surface area contributed by atoms with Crippen molar-refractivity contribution in [3.63, 3.8) is 0 Å². The fourth-order valence-electron chi connectivity index (χ4n) is 2.30. The molecule has 0 saturated heterocycles. The first-order valence-corrected chi connectivity index (χ1v) is 6.74. The van der Waals surface area contributed by atoms with Gasteiger partial charge in [0.1, 0.15) is 5.82 Å². The molecule has 0 bridgehead atoms. The molecule has 19 heavy (non-hydrogen) atoms. The Labute approximate surface area is 113 Å². The van der Waals surface area contributed by atoms with E-state index in [1.54, 1.807) is 24.7 Å². The molecular formula is C16H20FNO. The van der Waals surface area contributed by atoms with Crippen molar-refractivity contribution in [3.8, 4) is 0 Å². The molecule has 0 aliphatic carbocycles. The Bertz CT molecular complexity index is 481. The highest BCUT2D eigenvalue weighted by Gasteiger charge is 2.11.